The molecule has 0 spiro atoms. The van der Waals surface area contributed by atoms with Gasteiger partial charge in [-0.2, -0.15) is 0 Å². The molecule has 1 aliphatic carbocycles. The average molecular weight is 352 g/mol. The van der Waals surface area contributed by atoms with E-state index in [1.165, 1.54) is 57.9 Å². The minimum atomic E-state index is 0.212. The van der Waals surface area contributed by atoms with Crippen molar-refractivity contribution in [3.8, 4) is 0 Å². The van der Waals surface area contributed by atoms with Crippen molar-refractivity contribution in [3.05, 3.63) is 0 Å². The molecule has 0 N–H and O–H groups in total. The molecule has 0 radical (unpaired) electrons. The Morgan fingerprint density at radius 1 is 0.880 bits per heavy atom. The normalized spacial score (nSPS) is 38.5. The molecule has 3 atom stereocenters. The van der Waals surface area contributed by atoms with Crippen LogP contribution >= 0.6 is 0 Å². The van der Waals surface area contributed by atoms with Crippen LogP contribution in [0, 0.1) is 28.1 Å². The summed E-state index contributed by atoms with van der Waals surface area (Å²) < 4.78 is 6.11. The van der Waals surface area contributed by atoms with E-state index in [-0.39, 0.29) is 10.8 Å². The van der Waals surface area contributed by atoms with Crippen LogP contribution in [0.2, 0.25) is 0 Å². The van der Waals surface area contributed by atoms with E-state index >= 15 is 0 Å². The van der Waals surface area contributed by atoms with Gasteiger partial charge in [-0.1, -0.05) is 73.6 Å². The Labute approximate surface area is 158 Å². The monoisotopic (exact) mass is 351 g/mol. The second-order valence-electron chi connectivity index (χ2n) is 11.1. The molecule has 0 bridgehead atoms. The number of hydrogen-bond acceptors (Lipinski definition) is 2. The van der Waals surface area contributed by atoms with E-state index in [1.807, 2.05) is 0 Å². The van der Waals surface area contributed by atoms with Gasteiger partial charge in [-0.15, -0.1) is 0 Å². The molecule has 25 heavy (non-hydrogen) atoms. The van der Waals surface area contributed by atoms with E-state index in [9.17, 15) is 0 Å². The Morgan fingerprint density at radius 2 is 1.52 bits per heavy atom. The van der Waals surface area contributed by atoms with E-state index in [1.54, 1.807) is 0 Å². The van der Waals surface area contributed by atoms with Crippen molar-refractivity contribution in [2.45, 2.75) is 92.9 Å². The Hall–Kier alpha value is -0.0800. The van der Waals surface area contributed by atoms with Crippen LogP contribution in [0.3, 0.4) is 0 Å². The third-order valence-corrected chi connectivity index (χ3v) is 7.76. The second-order valence-corrected chi connectivity index (χ2v) is 11.1. The largest absolute Gasteiger partial charge is 0.366 e. The van der Waals surface area contributed by atoms with Gasteiger partial charge in [-0.25, -0.2) is 0 Å². The fourth-order valence-electron chi connectivity index (χ4n) is 5.48. The van der Waals surface area contributed by atoms with Gasteiger partial charge in [0.05, 0.1) is 13.3 Å². The highest BCUT2D eigenvalue weighted by Gasteiger charge is 2.46. The lowest BCUT2D eigenvalue weighted by Gasteiger charge is -2.49. The van der Waals surface area contributed by atoms with Gasteiger partial charge in [-0.3, -0.25) is 4.90 Å². The van der Waals surface area contributed by atoms with Crippen molar-refractivity contribution in [1.82, 2.24) is 4.90 Å². The fraction of sp³-hybridized carbons (Fsp3) is 1.00. The number of rotatable bonds is 1. The minimum absolute atomic E-state index is 0.212. The summed E-state index contributed by atoms with van der Waals surface area (Å²) in [5.74, 6) is 1.72. The van der Waals surface area contributed by atoms with Crippen molar-refractivity contribution in [2.75, 3.05) is 26.9 Å². The molecule has 0 amide bonds. The first-order valence-electron chi connectivity index (χ1n) is 10.8. The zero-order chi connectivity index (χ0) is 18.7. The van der Waals surface area contributed by atoms with E-state index in [0.717, 1.165) is 25.2 Å². The molecule has 148 valence electrons. The van der Waals surface area contributed by atoms with Crippen LogP contribution in [-0.2, 0) is 4.74 Å². The van der Waals surface area contributed by atoms with E-state index < -0.39 is 0 Å². The minimum Gasteiger partial charge on any atom is -0.366 e. The summed E-state index contributed by atoms with van der Waals surface area (Å²) in [4.78, 5) is 2.44. The van der Waals surface area contributed by atoms with Gasteiger partial charge >= 0.3 is 0 Å². The molecule has 2 aliphatic rings. The summed E-state index contributed by atoms with van der Waals surface area (Å²) in [5.41, 5.74) is 0.875. The predicted octanol–water partition coefficient (Wildman–Crippen LogP) is 6.35. The van der Waals surface area contributed by atoms with Crippen LogP contribution in [0.5, 0.6) is 0 Å². The zero-order valence-corrected chi connectivity index (χ0v) is 18.3. The quantitative estimate of drug-likeness (QED) is 0.545. The Morgan fingerprint density at radius 3 is 2.20 bits per heavy atom. The number of hydrogen-bond donors (Lipinski definition) is 0. The highest BCUT2D eigenvalue weighted by atomic mass is 16.5. The maximum absolute atomic E-state index is 6.11. The maximum Gasteiger partial charge on any atom is 0.0988 e. The van der Waals surface area contributed by atoms with Crippen LogP contribution in [0.1, 0.15) is 92.9 Å². The molecule has 0 aromatic carbocycles. The molecule has 1 heterocycles. The molecule has 2 fully saturated rings. The molecule has 2 heteroatoms. The first kappa shape index (κ1) is 21.2. The zero-order valence-electron chi connectivity index (χ0n) is 18.3. The van der Waals surface area contributed by atoms with E-state index in [4.69, 9.17) is 4.74 Å². The van der Waals surface area contributed by atoms with Gasteiger partial charge in [0, 0.05) is 6.54 Å². The van der Waals surface area contributed by atoms with Crippen LogP contribution in [0.25, 0.3) is 0 Å². The van der Waals surface area contributed by atoms with Crippen molar-refractivity contribution in [2.24, 2.45) is 28.1 Å². The lowest BCUT2D eigenvalue weighted by Crippen LogP contribution is -2.45. The van der Waals surface area contributed by atoms with Gasteiger partial charge in [-0.05, 0) is 54.4 Å². The average Bonchev–Trinajstić information content (AvgIpc) is 2.59. The summed E-state index contributed by atoms with van der Waals surface area (Å²) in [7, 11) is 2.25. The molecule has 3 unspecified atom stereocenters. The summed E-state index contributed by atoms with van der Waals surface area (Å²) in [5, 5.41) is 0. The number of ether oxygens (including phenoxy) is 1. The Kier molecular flexibility index (Phi) is 7.04. The van der Waals surface area contributed by atoms with Crippen molar-refractivity contribution in [3.63, 3.8) is 0 Å². The molecule has 0 aromatic rings. The highest BCUT2D eigenvalue weighted by Crippen LogP contribution is 2.52. The van der Waals surface area contributed by atoms with Gasteiger partial charge in [0.1, 0.15) is 0 Å². The molecule has 0 aromatic heterocycles. The number of nitrogens with zero attached hydrogens (tertiary/aromatic N) is 1. The van der Waals surface area contributed by atoms with Gasteiger partial charge in [0.25, 0.3) is 0 Å². The van der Waals surface area contributed by atoms with E-state index in [0.29, 0.717) is 5.41 Å². The van der Waals surface area contributed by atoms with Crippen LogP contribution in [0.15, 0.2) is 0 Å². The van der Waals surface area contributed by atoms with Crippen molar-refractivity contribution < 1.29 is 4.74 Å². The molecule has 1 aliphatic heterocycles. The first-order valence-corrected chi connectivity index (χ1v) is 10.8. The lowest BCUT2D eigenvalue weighted by molar-refractivity contribution is -0.0351. The molecule has 2 rings (SSSR count). The van der Waals surface area contributed by atoms with Crippen LogP contribution < -0.4 is 0 Å². The molecular formula is C23H45NO. The van der Waals surface area contributed by atoms with Crippen molar-refractivity contribution >= 4 is 0 Å². The molecule has 1 saturated heterocycles. The standard InChI is InChI=1S/C23H45NO/c1-19-12-10-8-9-11-13-20(14-19)23(6)15-21(2,3)22(4,5)17-25-18-24(7)16-23/h19-20H,8-18H2,1-7H3. The Balaban J connectivity index is 2.30. The SMILES string of the molecule is CC1CCCCCCC(C2(C)CN(C)COCC(C)(C)C(C)(C)C2)C1. The highest BCUT2D eigenvalue weighted by molar-refractivity contribution is 4.96. The van der Waals surface area contributed by atoms with E-state index in [2.05, 4.69) is 53.5 Å². The van der Waals surface area contributed by atoms with Crippen LogP contribution in [0.4, 0.5) is 0 Å². The van der Waals surface area contributed by atoms with Gasteiger partial charge in [0.15, 0.2) is 0 Å². The summed E-state index contributed by atoms with van der Waals surface area (Å²) >= 11 is 0. The maximum atomic E-state index is 6.11. The topological polar surface area (TPSA) is 12.5 Å². The lowest BCUT2D eigenvalue weighted by atomic mass is 9.57. The molecule has 2 nitrogen and oxygen atoms in total. The summed E-state index contributed by atoms with van der Waals surface area (Å²) in [6, 6.07) is 0. The first-order chi connectivity index (χ1) is 11.6. The van der Waals surface area contributed by atoms with Crippen LogP contribution in [-0.4, -0.2) is 31.8 Å². The van der Waals surface area contributed by atoms with Gasteiger partial charge < -0.3 is 4.74 Å². The summed E-state index contributed by atoms with van der Waals surface area (Å²) in [6.45, 7) is 17.7. The van der Waals surface area contributed by atoms with Gasteiger partial charge in [0.2, 0.25) is 0 Å². The third kappa shape index (κ3) is 5.45. The predicted molar refractivity (Wildman–Crippen MR) is 109 cm³/mol. The Bertz CT molecular complexity index is 416. The smallest absolute Gasteiger partial charge is 0.0988 e. The summed E-state index contributed by atoms with van der Waals surface area (Å²) in [6.07, 6.45) is 11.3. The second kappa shape index (κ2) is 8.30. The van der Waals surface area contributed by atoms with Crippen molar-refractivity contribution in [1.29, 1.82) is 0 Å². The third-order valence-electron chi connectivity index (χ3n) is 7.76. The molecule has 1 saturated carbocycles. The fourth-order valence-corrected chi connectivity index (χ4v) is 5.48. The molecular weight excluding hydrogens is 306 g/mol.